The summed E-state index contributed by atoms with van der Waals surface area (Å²) in [7, 11) is 0. The molecule has 1 aromatic heterocycles. The molecule has 6 nitrogen and oxygen atoms in total. The lowest BCUT2D eigenvalue weighted by atomic mass is 10.1. The van der Waals surface area contributed by atoms with E-state index in [9.17, 15) is 4.79 Å². The van der Waals surface area contributed by atoms with E-state index in [0.717, 1.165) is 17.8 Å². The van der Waals surface area contributed by atoms with Crippen LogP contribution in [-0.2, 0) is 6.42 Å². The molecular formula is C16H15N5O. The van der Waals surface area contributed by atoms with Gasteiger partial charge in [0.05, 0.1) is 5.69 Å². The Kier molecular flexibility index (Phi) is 3.91. The number of carbonyl (C=O) groups is 1. The van der Waals surface area contributed by atoms with Gasteiger partial charge in [-0.25, -0.2) is 4.68 Å². The zero-order valence-electron chi connectivity index (χ0n) is 12.1. The van der Waals surface area contributed by atoms with Crippen LogP contribution in [0, 0.1) is 0 Å². The summed E-state index contributed by atoms with van der Waals surface area (Å²) in [5.74, 6) is -0.167. The van der Waals surface area contributed by atoms with Crippen molar-refractivity contribution in [3.8, 4) is 5.69 Å². The van der Waals surface area contributed by atoms with Crippen LogP contribution >= 0.6 is 0 Å². The number of anilines is 1. The van der Waals surface area contributed by atoms with Crippen molar-refractivity contribution in [2.24, 2.45) is 0 Å². The van der Waals surface area contributed by atoms with E-state index in [1.54, 1.807) is 18.2 Å². The van der Waals surface area contributed by atoms with Gasteiger partial charge < -0.3 is 5.32 Å². The molecule has 0 atom stereocenters. The highest BCUT2D eigenvalue weighted by molar-refractivity contribution is 6.04. The molecule has 22 heavy (non-hydrogen) atoms. The summed E-state index contributed by atoms with van der Waals surface area (Å²) in [6.45, 7) is 2.10. The smallest absolute Gasteiger partial charge is 0.255 e. The van der Waals surface area contributed by atoms with Gasteiger partial charge >= 0.3 is 0 Å². The van der Waals surface area contributed by atoms with E-state index in [1.165, 1.54) is 16.6 Å². The van der Waals surface area contributed by atoms with Gasteiger partial charge in [-0.2, -0.15) is 0 Å². The average molecular weight is 293 g/mol. The van der Waals surface area contributed by atoms with E-state index < -0.39 is 0 Å². The third kappa shape index (κ3) is 3.01. The number of amides is 1. The summed E-state index contributed by atoms with van der Waals surface area (Å²) in [5.41, 5.74) is 3.29. The van der Waals surface area contributed by atoms with Gasteiger partial charge in [-0.15, -0.1) is 5.10 Å². The predicted molar refractivity (Wildman–Crippen MR) is 82.9 cm³/mol. The molecule has 0 aliphatic heterocycles. The Hall–Kier alpha value is -3.02. The minimum Gasteiger partial charge on any atom is -0.322 e. The molecule has 2 aromatic carbocycles. The number of carbonyl (C=O) groups excluding carboxylic acids is 1. The highest BCUT2D eigenvalue weighted by Crippen LogP contribution is 2.13. The van der Waals surface area contributed by atoms with Crippen LogP contribution in [0.25, 0.3) is 5.69 Å². The molecule has 1 N–H and O–H groups in total. The summed E-state index contributed by atoms with van der Waals surface area (Å²) in [4.78, 5) is 12.3. The largest absolute Gasteiger partial charge is 0.322 e. The quantitative estimate of drug-likeness (QED) is 0.802. The Morgan fingerprint density at radius 2 is 2.00 bits per heavy atom. The van der Waals surface area contributed by atoms with Crippen LogP contribution in [0.4, 0.5) is 5.69 Å². The zero-order valence-corrected chi connectivity index (χ0v) is 12.1. The number of hydrogen-bond donors (Lipinski definition) is 1. The first-order chi connectivity index (χ1) is 10.8. The van der Waals surface area contributed by atoms with Gasteiger partial charge in [-0.05, 0) is 52.7 Å². The monoisotopic (exact) mass is 293 g/mol. The first-order valence-corrected chi connectivity index (χ1v) is 7.00. The van der Waals surface area contributed by atoms with Gasteiger partial charge in [0.2, 0.25) is 0 Å². The molecule has 110 valence electrons. The number of rotatable bonds is 4. The van der Waals surface area contributed by atoms with Gasteiger partial charge in [0.15, 0.2) is 0 Å². The number of aromatic nitrogens is 4. The fourth-order valence-electron chi connectivity index (χ4n) is 2.10. The van der Waals surface area contributed by atoms with Crippen molar-refractivity contribution in [3.63, 3.8) is 0 Å². The number of aryl methyl sites for hydroxylation is 1. The van der Waals surface area contributed by atoms with Crippen LogP contribution in [0.3, 0.4) is 0 Å². The molecule has 1 heterocycles. The number of nitrogens with zero attached hydrogens (tertiary/aromatic N) is 4. The molecule has 0 radical (unpaired) electrons. The van der Waals surface area contributed by atoms with Crippen molar-refractivity contribution in [2.75, 3.05) is 5.32 Å². The summed E-state index contributed by atoms with van der Waals surface area (Å²) < 4.78 is 1.51. The predicted octanol–water partition coefficient (Wildman–Crippen LogP) is 2.48. The maximum atomic E-state index is 12.3. The molecule has 0 saturated heterocycles. The fraction of sp³-hybridized carbons (Fsp3) is 0.125. The average Bonchev–Trinajstić information content (AvgIpc) is 3.10. The summed E-state index contributed by atoms with van der Waals surface area (Å²) in [6.07, 6.45) is 2.46. The zero-order chi connectivity index (χ0) is 15.4. The molecule has 0 bridgehead atoms. The van der Waals surface area contributed by atoms with Crippen molar-refractivity contribution in [3.05, 3.63) is 66.0 Å². The second kappa shape index (κ2) is 6.17. The molecular weight excluding hydrogens is 278 g/mol. The van der Waals surface area contributed by atoms with E-state index in [2.05, 4.69) is 27.8 Å². The fourth-order valence-corrected chi connectivity index (χ4v) is 2.10. The van der Waals surface area contributed by atoms with Gasteiger partial charge in [0.25, 0.3) is 5.91 Å². The maximum Gasteiger partial charge on any atom is 0.255 e. The molecule has 0 saturated carbocycles. The second-order valence-electron chi connectivity index (χ2n) is 4.81. The number of tetrazole rings is 1. The molecule has 0 fully saturated rings. The van der Waals surface area contributed by atoms with Crippen molar-refractivity contribution >= 4 is 11.6 Å². The molecule has 0 spiro atoms. The van der Waals surface area contributed by atoms with Crippen molar-refractivity contribution in [1.29, 1.82) is 0 Å². The van der Waals surface area contributed by atoms with E-state index >= 15 is 0 Å². The van der Waals surface area contributed by atoms with Gasteiger partial charge in [0.1, 0.15) is 6.33 Å². The van der Waals surface area contributed by atoms with E-state index in [0.29, 0.717) is 5.56 Å². The molecule has 3 aromatic rings. The number of nitrogens with one attached hydrogen (secondary N) is 1. The van der Waals surface area contributed by atoms with E-state index in [1.807, 2.05) is 30.3 Å². The van der Waals surface area contributed by atoms with Crippen molar-refractivity contribution in [1.82, 2.24) is 20.2 Å². The van der Waals surface area contributed by atoms with Crippen LogP contribution in [0.1, 0.15) is 22.8 Å². The van der Waals surface area contributed by atoms with Gasteiger partial charge in [-0.1, -0.05) is 25.1 Å². The second-order valence-corrected chi connectivity index (χ2v) is 4.81. The lowest BCUT2D eigenvalue weighted by Gasteiger charge is -2.07. The topological polar surface area (TPSA) is 72.7 Å². The van der Waals surface area contributed by atoms with E-state index in [-0.39, 0.29) is 5.91 Å². The lowest BCUT2D eigenvalue weighted by molar-refractivity contribution is 0.102. The molecule has 3 rings (SSSR count). The third-order valence-corrected chi connectivity index (χ3v) is 3.34. The minimum atomic E-state index is -0.167. The molecule has 0 aliphatic carbocycles. The molecule has 6 heteroatoms. The van der Waals surface area contributed by atoms with Crippen LogP contribution in [0.2, 0.25) is 0 Å². The Balaban J connectivity index is 1.78. The van der Waals surface area contributed by atoms with Crippen LogP contribution < -0.4 is 5.32 Å². The number of benzene rings is 2. The molecule has 1 amide bonds. The SMILES string of the molecule is CCc1ccc(NC(=O)c2cccc(-n3cnnn3)c2)cc1. The standard InChI is InChI=1S/C16H15N5O/c1-2-12-6-8-14(9-7-12)18-16(22)13-4-3-5-15(10-13)21-11-17-19-20-21/h3-11H,2H2,1H3,(H,18,22). The van der Waals surface area contributed by atoms with Crippen LogP contribution in [0.5, 0.6) is 0 Å². The Morgan fingerprint density at radius 3 is 2.68 bits per heavy atom. The minimum absolute atomic E-state index is 0.167. The normalized spacial score (nSPS) is 10.4. The lowest BCUT2D eigenvalue weighted by Crippen LogP contribution is -2.12. The summed E-state index contributed by atoms with van der Waals surface area (Å²) in [6, 6.07) is 15.0. The summed E-state index contributed by atoms with van der Waals surface area (Å²) >= 11 is 0. The van der Waals surface area contributed by atoms with Gasteiger partial charge in [0, 0.05) is 11.3 Å². The van der Waals surface area contributed by atoms with E-state index in [4.69, 9.17) is 0 Å². The molecule has 0 aliphatic rings. The highest BCUT2D eigenvalue weighted by atomic mass is 16.1. The Morgan fingerprint density at radius 1 is 1.18 bits per heavy atom. The first-order valence-electron chi connectivity index (χ1n) is 7.00. The number of hydrogen-bond acceptors (Lipinski definition) is 4. The Labute approximate surface area is 127 Å². The maximum absolute atomic E-state index is 12.3. The van der Waals surface area contributed by atoms with Crippen LogP contribution in [-0.4, -0.2) is 26.1 Å². The first kappa shape index (κ1) is 13.9. The summed E-state index contributed by atoms with van der Waals surface area (Å²) in [5, 5.41) is 13.9. The van der Waals surface area contributed by atoms with Gasteiger partial charge in [-0.3, -0.25) is 4.79 Å². The third-order valence-electron chi connectivity index (χ3n) is 3.34. The molecule has 0 unspecified atom stereocenters. The van der Waals surface area contributed by atoms with Crippen molar-refractivity contribution in [2.45, 2.75) is 13.3 Å². The van der Waals surface area contributed by atoms with Crippen LogP contribution in [0.15, 0.2) is 54.9 Å². The Bertz CT molecular complexity index is 765. The van der Waals surface area contributed by atoms with Crippen molar-refractivity contribution < 1.29 is 4.79 Å². The highest BCUT2D eigenvalue weighted by Gasteiger charge is 2.08.